The second-order valence-corrected chi connectivity index (χ2v) is 5.04. The van der Waals surface area contributed by atoms with Gasteiger partial charge in [-0.2, -0.15) is 4.98 Å². The monoisotopic (exact) mass is 303 g/mol. The highest BCUT2D eigenvalue weighted by Crippen LogP contribution is 2.34. The van der Waals surface area contributed by atoms with Crippen molar-refractivity contribution in [2.75, 3.05) is 26.8 Å². The third-order valence-electron chi connectivity index (χ3n) is 3.38. The van der Waals surface area contributed by atoms with Gasteiger partial charge in [0, 0.05) is 26.9 Å². The lowest BCUT2D eigenvalue weighted by Crippen LogP contribution is -2.30. The Bertz CT molecular complexity index is 683. The molecule has 0 saturated heterocycles. The zero-order chi connectivity index (χ0) is 15.5. The number of benzene rings is 1. The van der Waals surface area contributed by atoms with Crippen LogP contribution >= 0.6 is 0 Å². The summed E-state index contributed by atoms with van der Waals surface area (Å²) in [6.07, 6.45) is 0.534. The van der Waals surface area contributed by atoms with Gasteiger partial charge in [0.15, 0.2) is 17.3 Å². The molecule has 1 amide bonds. The van der Waals surface area contributed by atoms with E-state index < -0.39 is 0 Å². The first-order valence-corrected chi connectivity index (χ1v) is 7.08. The molecule has 0 spiro atoms. The Balaban J connectivity index is 1.70. The largest absolute Gasteiger partial charge is 0.486 e. The van der Waals surface area contributed by atoms with Gasteiger partial charge in [0.2, 0.25) is 5.89 Å². The van der Waals surface area contributed by atoms with Gasteiger partial charge in [-0.15, -0.1) is 0 Å². The third kappa shape index (κ3) is 2.88. The Kier molecular flexibility index (Phi) is 3.95. The van der Waals surface area contributed by atoms with Crippen molar-refractivity contribution in [3.63, 3.8) is 0 Å². The van der Waals surface area contributed by atoms with Gasteiger partial charge < -0.3 is 18.9 Å². The van der Waals surface area contributed by atoms with E-state index in [1.165, 1.54) is 0 Å². The summed E-state index contributed by atoms with van der Waals surface area (Å²) in [7, 11) is 1.73. The number of carbonyl (C=O) groups excluding carboxylic acids is 1. The summed E-state index contributed by atoms with van der Waals surface area (Å²) in [5.41, 5.74) is 0.504. The van der Waals surface area contributed by atoms with Crippen molar-refractivity contribution in [2.24, 2.45) is 0 Å². The fourth-order valence-electron chi connectivity index (χ4n) is 2.26. The summed E-state index contributed by atoms with van der Waals surface area (Å²) in [5.74, 6) is 2.11. The number of nitrogens with zero attached hydrogens (tertiary/aromatic N) is 3. The molecule has 0 aliphatic carbocycles. The van der Waals surface area contributed by atoms with Gasteiger partial charge >= 0.3 is 0 Å². The first kappa shape index (κ1) is 14.4. The van der Waals surface area contributed by atoms with Gasteiger partial charge in [-0.1, -0.05) is 11.2 Å². The molecular formula is C15H17N3O4. The number of ether oxygens (including phenoxy) is 2. The summed E-state index contributed by atoms with van der Waals surface area (Å²) in [6, 6.07) is 5.33. The molecule has 0 N–H and O–H groups in total. The first-order chi connectivity index (χ1) is 10.6. The average Bonchev–Trinajstić information content (AvgIpc) is 2.97. The van der Waals surface area contributed by atoms with E-state index in [4.69, 9.17) is 14.0 Å². The number of carbonyl (C=O) groups is 1. The molecule has 0 saturated carbocycles. The third-order valence-corrected chi connectivity index (χ3v) is 3.38. The summed E-state index contributed by atoms with van der Waals surface area (Å²) in [5, 5.41) is 3.82. The number of hydrogen-bond donors (Lipinski definition) is 0. The highest BCUT2D eigenvalue weighted by atomic mass is 16.6. The van der Waals surface area contributed by atoms with Gasteiger partial charge in [-0.3, -0.25) is 4.79 Å². The van der Waals surface area contributed by atoms with E-state index in [1.54, 1.807) is 37.1 Å². The Morgan fingerprint density at radius 1 is 1.32 bits per heavy atom. The van der Waals surface area contributed by atoms with Crippen LogP contribution in [0.1, 0.15) is 22.1 Å². The van der Waals surface area contributed by atoms with Crippen molar-refractivity contribution in [3.05, 3.63) is 35.5 Å². The van der Waals surface area contributed by atoms with Gasteiger partial charge in [0.05, 0.1) is 5.56 Å². The van der Waals surface area contributed by atoms with Gasteiger partial charge in [-0.05, 0) is 12.1 Å². The normalized spacial score (nSPS) is 13.0. The predicted molar refractivity (Wildman–Crippen MR) is 77.1 cm³/mol. The van der Waals surface area contributed by atoms with E-state index in [0.29, 0.717) is 55.0 Å². The zero-order valence-electron chi connectivity index (χ0n) is 12.5. The van der Waals surface area contributed by atoms with E-state index in [0.717, 1.165) is 0 Å². The van der Waals surface area contributed by atoms with Crippen molar-refractivity contribution in [1.29, 1.82) is 0 Å². The molecule has 1 aromatic heterocycles. The average molecular weight is 303 g/mol. The van der Waals surface area contributed by atoms with Crippen molar-refractivity contribution < 1.29 is 18.8 Å². The van der Waals surface area contributed by atoms with Crippen LogP contribution in [-0.4, -0.2) is 47.8 Å². The van der Waals surface area contributed by atoms with Gasteiger partial charge in [-0.25, -0.2) is 0 Å². The predicted octanol–water partition coefficient (Wildman–Crippen LogP) is 1.46. The molecule has 1 aliphatic rings. The van der Waals surface area contributed by atoms with Crippen LogP contribution in [0.15, 0.2) is 22.7 Å². The number of para-hydroxylation sites is 1. The highest BCUT2D eigenvalue weighted by Gasteiger charge is 2.22. The van der Waals surface area contributed by atoms with Crippen molar-refractivity contribution in [1.82, 2.24) is 15.0 Å². The zero-order valence-corrected chi connectivity index (χ0v) is 12.5. The fourth-order valence-corrected chi connectivity index (χ4v) is 2.26. The summed E-state index contributed by atoms with van der Waals surface area (Å²) in [4.78, 5) is 18.3. The van der Waals surface area contributed by atoms with E-state index in [9.17, 15) is 4.79 Å². The second kappa shape index (κ2) is 6.05. The molecule has 2 heterocycles. The van der Waals surface area contributed by atoms with Crippen LogP contribution in [0.2, 0.25) is 0 Å². The molecule has 3 rings (SSSR count). The van der Waals surface area contributed by atoms with E-state index >= 15 is 0 Å². The SMILES string of the molecule is Cc1nc(CCN(C)C(=O)c2cccc3c2OCCO3)no1. The number of aromatic nitrogens is 2. The minimum atomic E-state index is -0.123. The molecule has 0 radical (unpaired) electrons. The van der Waals surface area contributed by atoms with Crippen LogP contribution in [0, 0.1) is 6.92 Å². The molecule has 0 fully saturated rings. The van der Waals surface area contributed by atoms with Gasteiger partial charge in [0.1, 0.15) is 13.2 Å². The Morgan fingerprint density at radius 3 is 2.91 bits per heavy atom. The summed E-state index contributed by atoms with van der Waals surface area (Å²) >= 11 is 0. The maximum Gasteiger partial charge on any atom is 0.257 e. The van der Waals surface area contributed by atoms with Crippen LogP contribution in [0.5, 0.6) is 11.5 Å². The first-order valence-electron chi connectivity index (χ1n) is 7.08. The number of aryl methyl sites for hydroxylation is 1. The van der Waals surface area contributed by atoms with Gasteiger partial charge in [0.25, 0.3) is 5.91 Å². The van der Waals surface area contributed by atoms with Crippen molar-refractivity contribution >= 4 is 5.91 Å². The summed E-state index contributed by atoms with van der Waals surface area (Å²) in [6.45, 7) is 3.17. The lowest BCUT2D eigenvalue weighted by Gasteiger charge is -2.23. The van der Waals surface area contributed by atoms with Crippen LogP contribution in [0.4, 0.5) is 0 Å². The number of fused-ring (bicyclic) bond motifs is 1. The van der Waals surface area contributed by atoms with Crippen LogP contribution < -0.4 is 9.47 Å². The van der Waals surface area contributed by atoms with Crippen LogP contribution in [0.25, 0.3) is 0 Å². The molecule has 22 heavy (non-hydrogen) atoms. The number of hydrogen-bond acceptors (Lipinski definition) is 6. The molecule has 0 bridgehead atoms. The molecule has 2 aromatic rings. The lowest BCUT2D eigenvalue weighted by atomic mass is 10.1. The standard InChI is InChI=1S/C15H17N3O4/c1-10-16-13(17-22-10)6-7-18(2)15(19)11-4-3-5-12-14(11)21-9-8-20-12/h3-5H,6-9H2,1-2H3. The molecule has 7 heteroatoms. The smallest absolute Gasteiger partial charge is 0.257 e. The highest BCUT2D eigenvalue weighted by molar-refractivity contribution is 5.97. The fraction of sp³-hybridized carbons (Fsp3) is 0.400. The van der Waals surface area contributed by atoms with Crippen LogP contribution in [0.3, 0.4) is 0 Å². The molecule has 116 valence electrons. The molecule has 0 atom stereocenters. The molecule has 1 aliphatic heterocycles. The molecule has 0 unspecified atom stereocenters. The molecular weight excluding hydrogens is 286 g/mol. The van der Waals surface area contributed by atoms with E-state index in [2.05, 4.69) is 10.1 Å². The van der Waals surface area contributed by atoms with Crippen molar-refractivity contribution in [2.45, 2.75) is 13.3 Å². The maximum absolute atomic E-state index is 12.6. The van der Waals surface area contributed by atoms with Crippen molar-refractivity contribution in [3.8, 4) is 11.5 Å². The quantitative estimate of drug-likeness (QED) is 0.851. The minimum absolute atomic E-state index is 0.123. The second-order valence-electron chi connectivity index (χ2n) is 5.04. The number of amides is 1. The Morgan fingerprint density at radius 2 is 2.14 bits per heavy atom. The number of rotatable bonds is 4. The topological polar surface area (TPSA) is 77.7 Å². The number of likely N-dealkylation sites (N-methyl/N-ethyl adjacent to an activating group) is 1. The van der Waals surface area contributed by atoms with Crippen LogP contribution in [-0.2, 0) is 6.42 Å². The molecule has 1 aromatic carbocycles. The summed E-state index contributed by atoms with van der Waals surface area (Å²) < 4.78 is 16.0. The lowest BCUT2D eigenvalue weighted by molar-refractivity contribution is 0.0785. The Hall–Kier alpha value is -2.57. The van der Waals surface area contributed by atoms with E-state index in [-0.39, 0.29) is 5.91 Å². The van der Waals surface area contributed by atoms with E-state index in [1.807, 2.05) is 0 Å². The Labute approximate surface area is 127 Å². The maximum atomic E-state index is 12.6. The molecule has 7 nitrogen and oxygen atoms in total. The minimum Gasteiger partial charge on any atom is -0.486 e.